The Kier molecular flexibility index (Phi) is 15.3. The predicted octanol–water partition coefficient (Wildman–Crippen LogP) is 11.7. The van der Waals surface area contributed by atoms with Crippen molar-refractivity contribution in [3.05, 3.63) is 219 Å². The molecule has 0 atom stereocenters. The standard InChI is InChI=1S/2C28H24N8O2.Fe/c1-28(2,3)24-22(29-4)25(34(33-24)21-17-11-12-18-30-21)32-31-23-26(37)35(19-13-7-5-8-14-19)36(27(23)38)20-15-9-6-10-16-20;1-28(2,3)24-21(18-29)25(34(33-24)22-16-10-11-17-30-22)32-31-23-26(37)35(19-12-6-4-7-13-19)36(27(23)38)20-14-8-5-9-15-20;/h5-18,37H,1-3H3;4-17,37H,1-3H3;. The van der Waals surface area contributed by atoms with E-state index < -0.39 is 33.7 Å². The van der Waals surface area contributed by atoms with Gasteiger partial charge in [-0.15, -0.1) is 20.5 Å². The molecule has 0 fully saturated rings. The van der Waals surface area contributed by atoms with Gasteiger partial charge in [0.1, 0.15) is 11.6 Å². The molecule has 0 saturated heterocycles. The first kappa shape index (κ1) is 53.2. The van der Waals surface area contributed by atoms with E-state index in [1.54, 1.807) is 146 Å². The summed E-state index contributed by atoms with van der Waals surface area (Å²) in [4.78, 5) is 39.6. The van der Waals surface area contributed by atoms with Gasteiger partial charge in [0.25, 0.3) is 5.69 Å². The maximum atomic E-state index is 13.6. The molecule has 6 heterocycles. The molecule has 6 aromatic heterocycles. The SMILES string of the molecule is CC(C)(C)c1nn(-c2ccccn2)c(N=Nc2c(O)n(-c3ccccc3)n(-c3ccccc3)c2=O)c1C#N.[C-]#[N+]c1c(C(C)(C)C)nn(-c2ccccn2)c1N=Nc1c(O)n(-c2ccccc2)n(-c2ccccc2)c1=O.[Fe]. The topological polar surface area (TPSA) is 233 Å². The Balaban J connectivity index is 0.000000201. The van der Waals surface area contributed by atoms with Crippen LogP contribution in [0.25, 0.3) is 39.2 Å². The van der Waals surface area contributed by atoms with E-state index in [2.05, 4.69) is 51.5 Å². The fraction of sp³-hybridized carbons (Fsp3) is 0.143. The van der Waals surface area contributed by atoms with Crippen molar-refractivity contribution in [3.8, 4) is 52.2 Å². The monoisotopic (exact) mass is 1060 g/mol. The Morgan fingerprint density at radius 1 is 0.506 bits per heavy atom. The zero-order valence-corrected chi connectivity index (χ0v) is 43.5. The Bertz CT molecular complexity index is 3710. The normalized spacial score (nSPS) is 11.5. The number of nitriles is 1. The van der Waals surface area contributed by atoms with Crippen LogP contribution in [0.15, 0.2) is 200 Å². The third-order valence-corrected chi connectivity index (χ3v) is 11.6. The molecule has 0 aliphatic heterocycles. The summed E-state index contributed by atoms with van der Waals surface area (Å²) in [6.45, 7) is 19.5. The van der Waals surface area contributed by atoms with Crippen LogP contribution in [-0.4, -0.2) is 58.5 Å². The van der Waals surface area contributed by atoms with Gasteiger partial charge < -0.3 is 10.2 Å². The third kappa shape index (κ3) is 10.5. The molecule has 0 spiro atoms. The predicted molar refractivity (Wildman–Crippen MR) is 286 cm³/mol. The number of hydrogen-bond acceptors (Lipinski definition) is 13. The number of hydrogen-bond donors (Lipinski definition) is 2. The average molecular weight is 1060 g/mol. The summed E-state index contributed by atoms with van der Waals surface area (Å²) in [7, 11) is 0. The number of benzene rings is 4. The molecule has 0 saturated carbocycles. The smallest absolute Gasteiger partial charge is 0.303 e. The number of azo groups is 2. The van der Waals surface area contributed by atoms with E-state index in [-0.39, 0.29) is 51.3 Å². The van der Waals surface area contributed by atoms with Crippen LogP contribution in [0, 0.1) is 17.9 Å². The summed E-state index contributed by atoms with van der Waals surface area (Å²) in [6.07, 6.45) is 3.21. The van der Waals surface area contributed by atoms with Gasteiger partial charge in [-0.3, -0.25) is 9.59 Å². The molecule has 21 heteroatoms. The molecule has 20 nitrogen and oxygen atoms in total. The molecule has 0 bridgehead atoms. The molecule has 0 aliphatic rings. The molecule has 384 valence electrons. The van der Waals surface area contributed by atoms with Crippen molar-refractivity contribution in [1.29, 1.82) is 5.26 Å². The van der Waals surface area contributed by atoms with Crippen LogP contribution in [0.5, 0.6) is 11.8 Å². The van der Waals surface area contributed by atoms with Crippen molar-refractivity contribution in [2.75, 3.05) is 0 Å². The van der Waals surface area contributed by atoms with Crippen molar-refractivity contribution in [2.45, 2.75) is 52.4 Å². The zero-order valence-electron chi connectivity index (χ0n) is 42.4. The van der Waals surface area contributed by atoms with E-state index >= 15 is 0 Å². The number of pyridine rings is 2. The van der Waals surface area contributed by atoms with E-state index in [4.69, 9.17) is 6.57 Å². The molecule has 77 heavy (non-hydrogen) atoms. The van der Waals surface area contributed by atoms with Crippen molar-refractivity contribution in [1.82, 2.24) is 48.3 Å². The van der Waals surface area contributed by atoms with Crippen LogP contribution in [0.2, 0.25) is 0 Å². The molecular formula is C56H48FeN16O4. The van der Waals surface area contributed by atoms with Crippen LogP contribution in [0.4, 0.5) is 28.7 Å². The summed E-state index contributed by atoms with van der Waals surface area (Å²) in [5.41, 5.74) is 0.927. The molecule has 0 amide bonds. The third-order valence-electron chi connectivity index (χ3n) is 11.6. The van der Waals surface area contributed by atoms with E-state index in [0.717, 1.165) is 0 Å². The van der Waals surface area contributed by atoms with Gasteiger partial charge in [-0.05, 0) is 78.2 Å². The van der Waals surface area contributed by atoms with Crippen LogP contribution in [0.1, 0.15) is 58.5 Å². The van der Waals surface area contributed by atoms with Crippen LogP contribution < -0.4 is 11.1 Å². The minimum Gasteiger partial charge on any atom is -0.492 e. The van der Waals surface area contributed by atoms with Crippen molar-refractivity contribution >= 4 is 28.7 Å². The van der Waals surface area contributed by atoms with Gasteiger partial charge in [0.15, 0.2) is 23.3 Å². The largest absolute Gasteiger partial charge is 0.492 e. The zero-order chi connectivity index (χ0) is 53.7. The second-order valence-corrected chi connectivity index (χ2v) is 18.9. The first-order valence-corrected chi connectivity index (χ1v) is 23.7. The molecule has 0 aliphatic carbocycles. The van der Waals surface area contributed by atoms with E-state index in [9.17, 15) is 25.1 Å². The first-order valence-electron chi connectivity index (χ1n) is 23.7. The van der Waals surface area contributed by atoms with Gasteiger partial charge in [0.2, 0.25) is 23.1 Å². The van der Waals surface area contributed by atoms with Gasteiger partial charge in [-0.2, -0.15) is 20.1 Å². The first-order chi connectivity index (χ1) is 36.6. The number of nitrogens with zero attached hydrogens (tertiary/aromatic N) is 16. The number of para-hydroxylation sites is 4. The Morgan fingerprint density at radius 3 is 1.21 bits per heavy atom. The maximum Gasteiger partial charge on any atom is 0.303 e. The molecule has 10 rings (SSSR count). The second-order valence-electron chi connectivity index (χ2n) is 18.9. The summed E-state index contributed by atoms with van der Waals surface area (Å²) in [5.74, 6) is 0.302. The summed E-state index contributed by atoms with van der Waals surface area (Å²) in [5, 5.41) is 58.7. The quantitative estimate of drug-likeness (QED) is 0.0752. The van der Waals surface area contributed by atoms with Gasteiger partial charge in [0.05, 0.1) is 40.7 Å². The Labute approximate surface area is 451 Å². The maximum absolute atomic E-state index is 13.6. The fourth-order valence-electron chi connectivity index (χ4n) is 8.06. The average Bonchev–Trinajstić information content (AvgIpc) is 4.20. The van der Waals surface area contributed by atoms with Crippen molar-refractivity contribution in [2.24, 2.45) is 20.5 Å². The number of aromatic nitrogens is 10. The van der Waals surface area contributed by atoms with Gasteiger partial charge >= 0.3 is 11.1 Å². The van der Waals surface area contributed by atoms with Crippen LogP contribution in [0.3, 0.4) is 0 Å². The van der Waals surface area contributed by atoms with Crippen LogP contribution >= 0.6 is 0 Å². The molecule has 10 aromatic rings. The summed E-state index contributed by atoms with van der Waals surface area (Å²) >= 11 is 0. The van der Waals surface area contributed by atoms with E-state index in [1.807, 2.05) is 65.8 Å². The van der Waals surface area contributed by atoms with Gasteiger partial charge in [0, 0.05) is 34.9 Å². The van der Waals surface area contributed by atoms with Crippen molar-refractivity contribution < 1.29 is 27.3 Å². The number of rotatable bonds is 10. The minimum atomic E-state index is -0.584. The van der Waals surface area contributed by atoms with Crippen LogP contribution in [-0.2, 0) is 27.9 Å². The second kappa shape index (κ2) is 22.2. The van der Waals surface area contributed by atoms with E-state index in [0.29, 0.717) is 45.8 Å². The van der Waals surface area contributed by atoms with Crippen molar-refractivity contribution in [3.63, 3.8) is 0 Å². The summed E-state index contributed by atoms with van der Waals surface area (Å²) < 4.78 is 8.24. The molecular weight excluding hydrogens is 1020 g/mol. The molecule has 0 radical (unpaired) electrons. The van der Waals surface area contributed by atoms with Gasteiger partial charge in [-0.1, -0.05) is 126 Å². The minimum absolute atomic E-state index is 0. The summed E-state index contributed by atoms with van der Waals surface area (Å²) in [6, 6.07) is 48.6. The molecule has 2 N–H and O–H groups in total. The van der Waals surface area contributed by atoms with Gasteiger partial charge in [-0.25, -0.2) is 38.2 Å². The van der Waals surface area contributed by atoms with E-state index in [1.165, 1.54) is 28.1 Å². The molecule has 4 aromatic carbocycles. The fourth-order valence-corrected chi connectivity index (χ4v) is 8.06. The number of aromatic hydroxyl groups is 2. The Morgan fingerprint density at radius 2 is 0.857 bits per heavy atom. The molecule has 0 unspecified atom stereocenters. The Hall–Kier alpha value is -10.1.